The van der Waals surface area contributed by atoms with Crippen molar-refractivity contribution < 1.29 is 4.79 Å². The van der Waals surface area contributed by atoms with Gasteiger partial charge in [0.05, 0.1) is 0 Å². The summed E-state index contributed by atoms with van der Waals surface area (Å²) in [5.41, 5.74) is 7.21. The Morgan fingerprint density at radius 3 is 2.46 bits per heavy atom. The molecule has 1 amide bonds. The van der Waals surface area contributed by atoms with Crippen LogP contribution in [0.4, 0.5) is 11.4 Å². The molecule has 0 fully saturated rings. The van der Waals surface area contributed by atoms with Crippen LogP contribution in [0.15, 0.2) is 36.4 Å². The molecule has 1 atom stereocenters. The molecule has 1 aliphatic heterocycles. The maximum Gasteiger partial charge on any atom is 0.224 e. The SMILES string of the molecule is Cc1cc(C2CNc3ccccc3C2)cc(C)c1NC(=O)CC(C)(C)C. The number of rotatable bonds is 3. The molecule has 138 valence electrons. The van der Waals surface area contributed by atoms with E-state index in [-0.39, 0.29) is 11.3 Å². The van der Waals surface area contributed by atoms with Crippen molar-refractivity contribution in [3.05, 3.63) is 58.7 Å². The van der Waals surface area contributed by atoms with Gasteiger partial charge >= 0.3 is 0 Å². The quantitative estimate of drug-likeness (QED) is 0.775. The second-order valence-corrected chi connectivity index (χ2v) is 8.75. The number of benzene rings is 2. The van der Waals surface area contributed by atoms with Crippen LogP contribution in [0.3, 0.4) is 0 Å². The van der Waals surface area contributed by atoms with E-state index in [1.165, 1.54) is 16.8 Å². The molecule has 2 N–H and O–H groups in total. The summed E-state index contributed by atoms with van der Waals surface area (Å²) in [6.45, 7) is 11.4. The predicted molar refractivity (Wildman–Crippen MR) is 110 cm³/mol. The average molecular weight is 351 g/mol. The minimum Gasteiger partial charge on any atom is -0.384 e. The summed E-state index contributed by atoms with van der Waals surface area (Å²) in [7, 11) is 0. The van der Waals surface area contributed by atoms with E-state index in [0.29, 0.717) is 12.3 Å². The first-order chi connectivity index (χ1) is 12.2. The van der Waals surface area contributed by atoms with Gasteiger partial charge in [0.15, 0.2) is 0 Å². The van der Waals surface area contributed by atoms with Crippen LogP contribution in [-0.2, 0) is 11.2 Å². The van der Waals surface area contributed by atoms with Crippen LogP contribution in [0, 0.1) is 19.3 Å². The normalized spacial score (nSPS) is 16.6. The van der Waals surface area contributed by atoms with Crippen molar-refractivity contribution in [2.75, 3.05) is 17.2 Å². The van der Waals surface area contributed by atoms with Crippen LogP contribution in [-0.4, -0.2) is 12.5 Å². The predicted octanol–water partition coefficient (Wildman–Crippen LogP) is 5.43. The largest absolute Gasteiger partial charge is 0.384 e. The highest BCUT2D eigenvalue weighted by Gasteiger charge is 2.22. The standard InChI is InChI=1S/C23H30N2O/c1-15-10-18(19-12-17-8-6-7-9-20(17)24-14-19)11-16(2)22(15)25-21(26)13-23(3,4)5/h6-11,19,24H,12-14H2,1-5H3,(H,25,26). The lowest BCUT2D eigenvalue weighted by atomic mass is 9.86. The molecule has 0 saturated carbocycles. The Hall–Kier alpha value is -2.29. The van der Waals surface area contributed by atoms with Gasteiger partial charge in [-0.3, -0.25) is 4.79 Å². The summed E-state index contributed by atoms with van der Waals surface area (Å²) in [6.07, 6.45) is 1.58. The summed E-state index contributed by atoms with van der Waals surface area (Å²) in [4.78, 5) is 12.3. The van der Waals surface area contributed by atoms with Gasteiger partial charge in [0.2, 0.25) is 5.91 Å². The van der Waals surface area contributed by atoms with Crippen molar-refractivity contribution in [3.8, 4) is 0 Å². The summed E-state index contributed by atoms with van der Waals surface area (Å²) in [5, 5.41) is 6.68. The Balaban J connectivity index is 1.79. The molecule has 0 radical (unpaired) electrons. The van der Waals surface area contributed by atoms with Gasteiger partial charge in [0, 0.05) is 30.3 Å². The van der Waals surface area contributed by atoms with E-state index >= 15 is 0 Å². The van der Waals surface area contributed by atoms with Crippen LogP contribution in [0.1, 0.15) is 55.4 Å². The highest BCUT2D eigenvalue weighted by molar-refractivity contribution is 5.92. The van der Waals surface area contributed by atoms with Crippen molar-refractivity contribution in [3.63, 3.8) is 0 Å². The zero-order valence-corrected chi connectivity index (χ0v) is 16.6. The second-order valence-electron chi connectivity index (χ2n) is 8.75. The minimum absolute atomic E-state index is 0.00695. The summed E-state index contributed by atoms with van der Waals surface area (Å²) < 4.78 is 0. The van der Waals surface area contributed by atoms with Crippen molar-refractivity contribution in [2.45, 2.75) is 53.4 Å². The maximum absolute atomic E-state index is 12.3. The highest BCUT2D eigenvalue weighted by Crippen LogP contribution is 2.33. The molecular formula is C23H30N2O. The van der Waals surface area contributed by atoms with Gasteiger partial charge in [-0.25, -0.2) is 0 Å². The zero-order valence-electron chi connectivity index (χ0n) is 16.6. The van der Waals surface area contributed by atoms with Gasteiger partial charge < -0.3 is 10.6 Å². The summed E-state index contributed by atoms with van der Waals surface area (Å²) in [5.74, 6) is 0.548. The van der Waals surface area contributed by atoms with Crippen molar-refractivity contribution >= 4 is 17.3 Å². The van der Waals surface area contributed by atoms with Gasteiger partial charge in [-0.05, 0) is 54.0 Å². The fraction of sp³-hybridized carbons (Fsp3) is 0.435. The Bertz CT molecular complexity index is 794. The first-order valence-corrected chi connectivity index (χ1v) is 9.46. The van der Waals surface area contributed by atoms with E-state index in [2.05, 4.69) is 81.7 Å². The molecular weight excluding hydrogens is 320 g/mol. The number of aryl methyl sites for hydroxylation is 2. The van der Waals surface area contributed by atoms with Crippen molar-refractivity contribution in [2.24, 2.45) is 5.41 Å². The monoisotopic (exact) mass is 350 g/mol. The van der Waals surface area contributed by atoms with Gasteiger partial charge in [0.1, 0.15) is 0 Å². The van der Waals surface area contributed by atoms with E-state index in [9.17, 15) is 4.79 Å². The van der Waals surface area contributed by atoms with E-state index in [1.807, 2.05) is 0 Å². The summed E-state index contributed by atoms with van der Waals surface area (Å²) in [6, 6.07) is 13.0. The van der Waals surface area contributed by atoms with Gasteiger partial charge in [-0.15, -0.1) is 0 Å². The number of hydrogen-bond donors (Lipinski definition) is 2. The lowest BCUT2D eigenvalue weighted by Gasteiger charge is -2.27. The van der Waals surface area contributed by atoms with Gasteiger partial charge in [0.25, 0.3) is 0 Å². The fourth-order valence-electron chi connectivity index (χ4n) is 3.77. The lowest BCUT2D eigenvalue weighted by molar-refractivity contribution is -0.117. The molecule has 0 bridgehead atoms. The molecule has 2 aromatic rings. The highest BCUT2D eigenvalue weighted by atomic mass is 16.1. The number of carbonyl (C=O) groups excluding carboxylic acids is 1. The van der Waals surface area contributed by atoms with E-state index in [4.69, 9.17) is 0 Å². The Morgan fingerprint density at radius 1 is 1.15 bits per heavy atom. The number of anilines is 2. The molecule has 0 spiro atoms. The Morgan fingerprint density at radius 2 is 1.81 bits per heavy atom. The van der Waals surface area contributed by atoms with Crippen molar-refractivity contribution in [1.82, 2.24) is 0 Å². The molecule has 3 nitrogen and oxygen atoms in total. The average Bonchev–Trinajstić information content (AvgIpc) is 2.56. The topological polar surface area (TPSA) is 41.1 Å². The molecule has 0 aromatic heterocycles. The first kappa shape index (κ1) is 18.5. The molecule has 1 unspecified atom stereocenters. The fourth-order valence-corrected chi connectivity index (χ4v) is 3.77. The molecule has 26 heavy (non-hydrogen) atoms. The third kappa shape index (κ3) is 4.27. The molecule has 1 aliphatic rings. The zero-order chi connectivity index (χ0) is 18.9. The van der Waals surface area contributed by atoms with Crippen LogP contribution in [0.25, 0.3) is 0 Å². The van der Waals surface area contributed by atoms with Gasteiger partial charge in [-0.1, -0.05) is 51.1 Å². The van der Waals surface area contributed by atoms with Crippen LogP contribution < -0.4 is 10.6 Å². The molecule has 1 heterocycles. The minimum atomic E-state index is -0.00695. The molecule has 2 aromatic carbocycles. The number of para-hydroxylation sites is 1. The van der Waals surface area contributed by atoms with Crippen LogP contribution in [0.5, 0.6) is 0 Å². The Labute approximate surface area is 157 Å². The molecule has 3 rings (SSSR count). The molecule has 0 saturated heterocycles. The van der Waals surface area contributed by atoms with E-state index in [1.54, 1.807) is 0 Å². The number of fused-ring (bicyclic) bond motifs is 1. The third-order valence-electron chi connectivity index (χ3n) is 5.00. The third-order valence-corrected chi connectivity index (χ3v) is 5.00. The summed E-state index contributed by atoms with van der Waals surface area (Å²) >= 11 is 0. The smallest absolute Gasteiger partial charge is 0.224 e. The van der Waals surface area contributed by atoms with E-state index < -0.39 is 0 Å². The maximum atomic E-state index is 12.3. The number of carbonyl (C=O) groups is 1. The van der Waals surface area contributed by atoms with Gasteiger partial charge in [-0.2, -0.15) is 0 Å². The van der Waals surface area contributed by atoms with Crippen LogP contribution >= 0.6 is 0 Å². The first-order valence-electron chi connectivity index (χ1n) is 9.46. The number of hydrogen-bond acceptors (Lipinski definition) is 2. The van der Waals surface area contributed by atoms with Crippen molar-refractivity contribution in [1.29, 1.82) is 0 Å². The molecule has 0 aliphatic carbocycles. The van der Waals surface area contributed by atoms with Crippen LogP contribution in [0.2, 0.25) is 0 Å². The van der Waals surface area contributed by atoms with E-state index in [0.717, 1.165) is 29.8 Å². The number of nitrogens with one attached hydrogen (secondary N) is 2. The second kappa shape index (κ2) is 7.14. The molecule has 3 heteroatoms. The number of amides is 1. The Kier molecular flexibility index (Phi) is 5.08. The lowest BCUT2D eigenvalue weighted by Crippen LogP contribution is -2.22.